The predicted octanol–water partition coefficient (Wildman–Crippen LogP) is 4.59. The van der Waals surface area contributed by atoms with Crippen molar-refractivity contribution in [2.45, 2.75) is 58.3 Å². The van der Waals surface area contributed by atoms with Crippen molar-refractivity contribution in [3.63, 3.8) is 0 Å². The van der Waals surface area contributed by atoms with Gasteiger partial charge in [0.1, 0.15) is 18.0 Å². The van der Waals surface area contributed by atoms with Crippen LogP contribution in [0.2, 0.25) is 0 Å². The number of methoxy groups -OCH3 is 1. The number of aliphatic hydroxyl groups is 1. The highest BCUT2D eigenvalue weighted by atomic mass is 16.6. The number of fused-ring (bicyclic) bond motifs is 1. The van der Waals surface area contributed by atoms with Crippen LogP contribution in [0.1, 0.15) is 57.8 Å². The van der Waals surface area contributed by atoms with E-state index in [1.165, 1.54) is 18.1 Å². The summed E-state index contributed by atoms with van der Waals surface area (Å²) >= 11 is 0. The van der Waals surface area contributed by atoms with Crippen LogP contribution in [0.5, 0.6) is 5.88 Å². The molecule has 2 aromatic heterocycles. The van der Waals surface area contributed by atoms with Gasteiger partial charge in [0.15, 0.2) is 0 Å². The van der Waals surface area contributed by atoms with Crippen LogP contribution in [-0.2, 0) is 19.1 Å². The highest BCUT2D eigenvalue weighted by Gasteiger charge is 2.33. The number of rotatable bonds is 11. The molecule has 1 aromatic carbocycles. The number of nitrogens with one attached hydrogen (secondary N) is 1. The van der Waals surface area contributed by atoms with Crippen molar-refractivity contribution < 1.29 is 33.7 Å². The Bertz CT molecular complexity index is 1530. The van der Waals surface area contributed by atoms with Gasteiger partial charge in [0, 0.05) is 55.0 Å². The largest absolute Gasteiger partial charge is 0.481 e. The number of anilines is 1. The van der Waals surface area contributed by atoms with E-state index in [0.29, 0.717) is 55.3 Å². The fraction of sp³-hybridized carbons (Fsp3) is 0.441. The number of β-amino-alcohol motifs (C(OH)–C–C–N with tert-alkyl or cyclic N) is 1. The maximum atomic E-state index is 13.2. The fourth-order valence-corrected chi connectivity index (χ4v) is 5.31. The molecular formula is C34H43N5O7. The Hall–Kier alpha value is -4.55. The molecule has 1 fully saturated rings. The van der Waals surface area contributed by atoms with E-state index in [1.807, 2.05) is 18.2 Å². The summed E-state index contributed by atoms with van der Waals surface area (Å²) in [6.45, 7) is 8.76. The average Bonchev–Trinajstić information content (AvgIpc) is 3.02. The summed E-state index contributed by atoms with van der Waals surface area (Å²) < 4.78 is 16.0. The second kappa shape index (κ2) is 15.6. The lowest BCUT2D eigenvalue weighted by atomic mass is 9.98. The first-order valence-corrected chi connectivity index (χ1v) is 15.4. The Morgan fingerprint density at radius 3 is 2.54 bits per heavy atom. The van der Waals surface area contributed by atoms with E-state index in [1.54, 1.807) is 64.2 Å². The number of aliphatic hydroxyl groups excluding tert-OH is 1. The number of piperidine rings is 1. The zero-order chi connectivity index (χ0) is 33.3. The molecule has 0 saturated carbocycles. The predicted molar refractivity (Wildman–Crippen MR) is 174 cm³/mol. The monoisotopic (exact) mass is 633 g/mol. The molecule has 246 valence electrons. The zero-order valence-corrected chi connectivity index (χ0v) is 27.1. The van der Waals surface area contributed by atoms with E-state index in [-0.39, 0.29) is 25.1 Å². The molecular weight excluding hydrogens is 590 g/mol. The minimum atomic E-state index is -0.868. The number of pyridine rings is 2. The smallest absolute Gasteiger partial charge is 0.411 e. The van der Waals surface area contributed by atoms with Gasteiger partial charge in [0.25, 0.3) is 0 Å². The Labute approximate surface area is 269 Å². The number of carbonyl (C=O) groups excluding carboxylic acids is 3. The third kappa shape index (κ3) is 9.48. The molecule has 3 aromatic rings. The highest BCUT2D eigenvalue weighted by Crippen LogP contribution is 2.30. The molecule has 3 heterocycles. The van der Waals surface area contributed by atoms with Gasteiger partial charge in [-0.05, 0) is 70.4 Å². The van der Waals surface area contributed by atoms with Gasteiger partial charge in [0.2, 0.25) is 11.8 Å². The summed E-state index contributed by atoms with van der Waals surface area (Å²) in [5.41, 5.74) is 1.24. The molecule has 1 saturated heterocycles. The first kappa shape index (κ1) is 34.3. The molecule has 1 aliphatic heterocycles. The number of carbonyl (C=O) groups is 3. The van der Waals surface area contributed by atoms with Crippen LogP contribution in [0.15, 0.2) is 54.7 Å². The number of amides is 2. The lowest BCUT2D eigenvalue weighted by Crippen LogP contribution is -2.51. The number of nitrogens with zero attached hydrogens (tertiary/aromatic N) is 4. The van der Waals surface area contributed by atoms with Crippen molar-refractivity contribution in [3.8, 4) is 5.88 Å². The van der Waals surface area contributed by atoms with E-state index in [0.717, 1.165) is 10.9 Å². The summed E-state index contributed by atoms with van der Waals surface area (Å²) in [7, 11) is 1.53. The summed E-state index contributed by atoms with van der Waals surface area (Å²) in [5, 5.41) is 14.9. The summed E-state index contributed by atoms with van der Waals surface area (Å²) in [5.74, 6) is 0.00667. The molecule has 0 bridgehead atoms. The second-order valence-corrected chi connectivity index (χ2v) is 12.0. The van der Waals surface area contributed by atoms with E-state index in [4.69, 9.17) is 14.2 Å². The van der Waals surface area contributed by atoms with Gasteiger partial charge in [0.05, 0.1) is 25.3 Å². The lowest BCUT2D eigenvalue weighted by molar-refractivity contribution is -0.137. The third-order valence-electron chi connectivity index (χ3n) is 7.45. The van der Waals surface area contributed by atoms with Crippen molar-refractivity contribution in [3.05, 3.63) is 65.9 Å². The van der Waals surface area contributed by atoms with Gasteiger partial charge in [-0.3, -0.25) is 9.69 Å². The zero-order valence-electron chi connectivity index (χ0n) is 27.1. The Morgan fingerprint density at radius 2 is 1.89 bits per heavy atom. The SMILES string of the molecule is CCOC(=O)/C=C/c1ccc(C(O)CN2CCC(N(CC(=O)Nc3ccccn3)C(=O)OC(C)(C)C)CC2)c2nc(OC)ccc12. The molecule has 2 N–H and O–H groups in total. The number of hydrogen-bond donors (Lipinski definition) is 2. The van der Waals surface area contributed by atoms with Crippen LogP contribution in [0, 0.1) is 0 Å². The van der Waals surface area contributed by atoms with Gasteiger partial charge in [-0.1, -0.05) is 18.2 Å². The molecule has 4 rings (SSSR count). The summed E-state index contributed by atoms with van der Waals surface area (Å²) in [6, 6.07) is 12.2. The van der Waals surface area contributed by atoms with Crippen LogP contribution < -0.4 is 10.1 Å². The number of likely N-dealkylation sites (tertiary alicyclic amines) is 1. The Morgan fingerprint density at radius 1 is 1.13 bits per heavy atom. The molecule has 1 aliphatic rings. The number of esters is 1. The van der Waals surface area contributed by atoms with Gasteiger partial charge in [-0.25, -0.2) is 19.6 Å². The first-order valence-electron chi connectivity index (χ1n) is 15.4. The molecule has 1 unspecified atom stereocenters. The summed E-state index contributed by atoms with van der Waals surface area (Å²) in [6.07, 6.45) is 4.38. The van der Waals surface area contributed by atoms with Gasteiger partial charge < -0.3 is 29.5 Å². The standard InChI is InChI=1S/C34H43N5O7/c1-6-45-31(42)15-11-23-10-12-26(32-25(23)13-14-30(37-32)44-5)27(40)21-38-19-16-24(17-20-38)39(33(43)46-34(2,3)4)22-29(41)36-28-9-7-8-18-35-28/h7-15,18,24,27,40H,6,16-17,19-22H2,1-5H3,(H,35,36,41)/b15-11+. The molecule has 2 amide bonds. The average molecular weight is 634 g/mol. The quantitative estimate of drug-likeness (QED) is 0.227. The molecule has 12 nitrogen and oxygen atoms in total. The maximum Gasteiger partial charge on any atom is 0.411 e. The maximum absolute atomic E-state index is 13.2. The number of aromatic nitrogens is 2. The lowest BCUT2D eigenvalue weighted by Gasteiger charge is -2.39. The molecule has 12 heteroatoms. The van der Waals surface area contributed by atoms with Gasteiger partial charge in [-0.15, -0.1) is 0 Å². The first-order chi connectivity index (χ1) is 22.0. The molecule has 0 radical (unpaired) electrons. The fourth-order valence-electron chi connectivity index (χ4n) is 5.31. The van der Waals surface area contributed by atoms with E-state index in [9.17, 15) is 19.5 Å². The number of ether oxygens (including phenoxy) is 3. The van der Waals surface area contributed by atoms with Gasteiger partial charge >= 0.3 is 12.1 Å². The van der Waals surface area contributed by atoms with Crippen molar-refractivity contribution in [2.24, 2.45) is 0 Å². The van der Waals surface area contributed by atoms with Crippen LogP contribution in [0.3, 0.4) is 0 Å². The van der Waals surface area contributed by atoms with Crippen LogP contribution >= 0.6 is 0 Å². The third-order valence-corrected chi connectivity index (χ3v) is 7.45. The molecule has 1 atom stereocenters. The Balaban J connectivity index is 1.46. The summed E-state index contributed by atoms with van der Waals surface area (Å²) in [4.78, 5) is 50.4. The van der Waals surface area contributed by atoms with Crippen molar-refractivity contribution in [2.75, 3.05) is 45.2 Å². The normalized spacial score (nSPS) is 15.0. The van der Waals surface area contributed by atoms with Gasteiger partial charge in [-0.2, -0.15) is 0 Å². The minimum absolute atomic E-state index is 0.171. The van der Waals surface area contributed by atoms with E-state index >= 15 is 0 Å². The Kier molecular flexibility index (Phi) is 11.7. The minimum Gasteiger partial charge on any atom is -0.481 e. The molecule has 0 spiro atoms. The van der Waals surface area contributed by atoms with Crippen LogP contribution in [0.25, 0.3) is 17.0 Å². The number of hydrogen-bond acceptors (Lipinski definition) is 10. The molecule has 46 heavy (non-hydrogen) atoms. The van der Waals surface area contributed by atoms with E-state index in [2.05, 4.69) is 20.2 Å². The number of benzene rings is 1. The van der Waals surface area contributed by atoms with Crippen LogP contribution in [0.4, 0.5) is 10.6 Å². The van der Waals surface area contributed by atoms with Crippen molar-refractivity contribution in [1.82, 2.24) is 19.8 Å². The molecule has 0 aliphatic carbocycles. The van der Waals surface area contributed by atoms with E-state index < -0.39 is 23.8 Å². The second-order valence-electron chi connectivity index (χ2n) is 12.0. The highest BCUT2D eigenvalue weighted by molar-refractivity contribution is 5.95. The van der Waals surface area contributed by atoms with Crippen molar-refractivity contribution >= 4 is 40.8 Å². The van der Waals surface area contributed by atoms with Crippen molar-refractivity contribution in [1.29, 1.82) is 0 Å². The van der Waals surface area contributed by atoms with Crippen LogP contribution in [-0.4, -0.2) is 94.4 Å². The topological polar surface area (TPSA) is 143 Å².